The van der Waals surface area contributed by atoms with Gasteiger partial charge in [0.05, 0.1) is 0 Å². The Hall–Kier alpha value is -2.89. The van der Waals surface area contributed by atoms with Crippen LogP contribution in [0.2, 0.25) is 0 Å². The summed E-state index contributed by atoms with van der Waals surface area (Å²) in [6.45, 7) is 8.01. The van der Waals surface area contributed by atoms with Crippen molar-refractivity contribution in [1.29, 1.82) is 0 Å². The predicted octanol–water partition coefficient (Wildman–Crippen LogP) is 2.53. The van der Waals surface area contributed by atoms with E-state index in [1.165, 1.54) is 0 Å². The molecule has 0 saturated carbocycles. The molecule has 1 aromatic carbocycles. The zero-order chi connectivity index (χ0) is 19.2. The maximum absolute atomic E-state index is 12.9. The van der Waals surface area contributed by atoms with Crippen LogP contribution in [0, 0.1) is 0 Å². The summed E-state index contributed by atoms with van der Waals surface area (Å²) in [6, 6.07) is 12.9. The molecule has 0 atom stereocenters. The van der Waals surface area contributed by atoms with Crippen molar-refractivity contribution in [2.45, 2.75) is 13.8 Å². The number of benzene rings is 1. The molecule has 3 rings (SSSR count). The number of anilines is 1. The van der Waals surface area contributed by atoms with Crippen molar-refractivity contribution < 1.29 is 9.59 Å². The first-order chi connectivity index (χ1) is 13.1. The lowest BCUT2D eigenvalue weighted by atomic mass is 10.1. The van der Waals surface area contributed by atoms with E-state index in [9.17, 15) is 9.59 Å². The van der Waals surface area contributed by atoms with Crippen molar-refractivity contribution in [2.75, 3.05) is 44.2 Å². The lowest BCUT2D eigenvalue weighted by Crippen LogP contribution is -2.49. The van der Waals surface area contributed by atoms with Gasteiger partial charge in [-0.2, -0.15) is 0 Å². The van der Waals surface area contributed by atoms with E-state index < -0.39 is 0 Å². The Balaban J connectivity index is 1.67. The topological polar surface area (TPSA) is 56.8 Å². The highest BCUT2D eigenvalue weighted by atomic mass is 16.2. The third-order valence-electron chi connectivity index (χ3n) is 4.95. The van der Waals surface area contributed by atoms with E-state index in [2.05, 4.69) is 9.88 Å². The number of rotatable bonds is 5. The van der Waals surface area contributed by atoms with Gasteiger partial charge in [-0.1, -0.05) is 12.1 Å². The fourth-order valence-corrected chi connectivity index (χ4v) is 3.34. The fourth-order valence-electron chi connectivity index (χ4n) is 3.34. The van der Waals surface area contributed by atoms with E-state index in [1.807, 2.05) is 36.9 Å². The summed E-state index contributed by atoms with van der Waals surface area (Å²) in [7, 11) is 0. The summed E-state index contributed by atoms with van der Waals surface area (Å²) in [4.78, 5) is 35.6. The van der Waals surface area contributed by atoms with E-state index in [0.717, 1.165) is 18.9 Å². The molecular formula is C21H26N4O2. The molecule has 0 N–H and O–H groups in total. The van der Waals surface area contributed by atoms with Gasteiger partial charge < -0.3 is 14.7 Å². The second-order valence-corrected chi connectivity index (χ2v) is 6.53. The van der Waals surface area contributed by atoms with Crippen molar-refractivity contribution in [3.63, 3.8) is 0 Å². The van der Waals surface area contributed by atoms with Crippen LogP contribution in [0.25, 0.3) is 0 Å². The van der Waals surface area contributed by atoms with Crippen LogP contribution in [-0.4, -0.2) is 65.9 Å². The summed E-state index contributed by atoms with van der Waals surface area (Å²) in [5.74, 6) is 0.885. The number of carbonyl (C=O) groups is 2. The SMILES string of the molecule is CCN(CC)C(=O)c1cccc(C(=O)N2CCN(c3ccccn3)CC2)c1. The molecule has 1 aliphatic rings. The van der Waals surface area contributed by atoms with Gasteiger partial charge in [-0.3, -0.25) is 9.59 Å². The summed E-state index contributed by atoms with van der Waals surface area (Å²) in [5, 5.41) is 0. The second kappa shape index (κ2) is 8.66. The average Bonchev–Trinajstić information content (AvgIpc) is 2.75. The zero-order valence-corrected chi connectivity index (χ0v) is 16.0. The normalized spacial score (nSPS) is 14.1. The van der Waals surface area contributed by atoms with E-state index in [4.69, 9.17) is 0 Å². The second-order valence-electron chi connectivity index (χ2n) is 6.53. The Morgan fingerprint density at radius 2 is 1.67 bits per heavy atom. The largest absolute Gasteiger partial charge is 0.353 e. The number of amides is 2. The maximum Gasteiger partial charge on any atom is 0.253 e. The van der Waals surface area contributed by atoms with E-state index >= 15 is 0 Å². The summed E-state index contributed by atoms with van der Waals surface area (Å²) in [6.07, 6.45) is 1.78. The molecule has 0 radical (unpaired) electrons. The number of pyridine rings is 1. The first-order valence-corrected chi connectivity index (χ1v) is 9.48. The molecule has 1 aliphatic heterocycles. The monoisotopic (exact) mass is 366 g/mol. The Morgan fingerprint density at radius 1 is 0.963 bits per heavy atom. The van der Waals surface area contributed by atoms with Crippen LogP contribution in [0.4, 0.5) is 5.82 Å². The quantitative estimate of drug-likeness (QED) is 0.816. The van der Waals surface area contributed by atoms with Gasteiger partial charge in [-0.25, -0.2) is 4.98 Å². The van der Waals surface area contributed by atoms with Crippen LogP contribution >= 0.6 is 0 Å². The first-order valence-electron chi connectivity index (χ1n) is 9.48. The number of hydrogen-bond donors (Lipinski definition) is 0. The van der Waals surface area contributed by atoms with Crippen LogP contribution in [0.5, 0.6) is 0 Å². The number of piperazine rings is 1. The highest BCUT2D eigenvalue weighted by molar-refractivity contribution is 5.99. The maximum atomic E-state index is 12.9. The van der Waals surface area contributed by atoms with Gasteiger partial charge in [-0.15, -0.1) is 0 Å². The first kappa shape index (κ1) is 18.9. The number of hydrogen-bond acceptors (Lipinski definition) is 4. The minimum Gasteiger partial charge on any atom is -0.353 e. The summed E-state index contributed by atoms with van der Waals surface area (Å²) >= 11 is 0. The molecule has 0 bridgehead atoms. The zero-order valence-electron chi connectivity index (χ0n) is 16.0. The summed E-state index contributed by atoms with van der Waals surface area (Å²) < 4.78 is 0. The fraction of sp³-hybridized carbons (Fsp3) is 0.381. The molecular weight excluding hydrogens is 340 g/mol. The minimum absolute atomic E-state index is 0.0233. The predicted molar refractivity (Wildman–Crippen MR) is 106 cm³/mol. The van der Waals surface area contributed by atoms with Gasteiger partial charge in [0.1, 0.15) is 5.82 Å². The van der Waals surface area contributed by atoms with Gasteiger partial charge >= 0.3 is 0 Å². The third kappa shape index (κ3) is 4.27. The Bertz CT molecular complexity index is 782. The van der Waals surface area contributed by atoms with Crippen molar-refractivity contribution in [3.8, 4) is 0 Å². The van der Waals surface area contributed by atoms with Gasteiger partial charge in [0.2, 0.25) is 0 Å². The van der Waals surface area contributed by atoms with Crippen molar-refractivity contribution in [3.05, 3.63) is 59.8 Å². The van der Waals surface area contributed by atoms with Gasteiger partial charge in [0.15, 0.2) is 0 Å². The van der Waals surface area contributed by atoms with Crippen LogP contribution < -0.4 is 4.90 Å². The minimum atomic E-state index is -0.0328. The van der Waals surface area contributed by atoms with Crippen molar-refractivity contribution in [2.24, 2.45) is 0 Å². The summed E-state index contributed by atoms with van der Waals surface area (Å²) in [5.41, 5.74) is 1.14. The third-order valence-corrected chi connectivity index (χ3v) is 4.95. The van der Waals surface area contributed by atoms with Gasteiger partial charge in [0, 0.05) is 56.6 Å². The molecule has 1 saturated heterocycles. The number of aromatic nitrogens is 1. The van der Waals surface area contributed by atoms with E-state index in [1.54, 1.807) is 35.4 Å². The molecule has 1 fully saturated rings. The molecule has 2 amide bonds. The van der Waals surface area contributed by atoms with Crippen LogP contribution in [0.1, 0.15) is 34.6 Å². The molecule has 0 unspecified atom stereocenters. The average molecular weight is 366 g/mol. The highest BCUT2D eigenvalue weighted by Crippen LogP contribution is 2.16. The molecule has 1 aromatic heterocycles. The van der Waals surface area contributed by atoms with E-state index in [0.29, 0.717) is 37.3 Å². The number of nitrogens with zero attached hydrogens (tertiary/aromatic N) is 4. The molecule has 6 nitrogen and oxygen atoms in total. The Morgan fingerprint density at radius 3 is 2.30 bits per heavy atom. The molecule has 0 spiro atoms. The number of carbonyl (C=O) groups excluding carboxylic acids is 2. The molecule has 142 valence electrons. The standard InChI is InChI=1S/C21H26N4O2/c1-3-23(4-2)20(26)17-8-7-9-18(16-17)21(27)25-14-12-24(13-15-25)19-10-5-6-11-22-19/h5-11,16H,3-4,12-15H2,1-2H3. The van der Waals surface area contributed by atoms with Gasteiger partial charge in [0.25, 0.3) is 11.8 Å². The molecule has 2 aromatic rings. The Labute approximate surface area is 160 Å². The smallest absolute Gasteiger partial charge is 0.253 e. The molecule has 27 heavy (non-hydrogen) atoms. The molecule has 6 heteroatoms. The molecule has 0 aliphatic carbocycles. The van der Waals surface area contributed by atoms with Crippen molar-refractivity contribution in [1.82, 2.24) is 14.8 Å². The Kier molecular flexibility index (Phi) is 6.06. The lowest BCUT2D eigenvalue weighted by Gasteiger charge is -2.35. The lowest BCUT2D eigenvalue weighted by molar-refractivity contribution is 0.0746. The van der Waals surface area contributed by atoms with Crippen LogP contribution in [0.3, 0.4) is 0 Å². The van der Waals surface area contributed by atoms with Gasteiger partial charge in [-0.05, 0) is 44.2 Å². The highest BCUT2D eigenvalue weighted by Gasteiger charge is 2.23. The van der Waals surface area contributed by atoms with Crippen LogP contribution in [0.15, 0.2) is 48.7 Å². The van der Waals surface area contributed by atoms with Crippen molar-refractivity contribution >= 4 is 17.6 Å². The molecule has 2 heterocycles. The van der Waals surface area contributed by atoms with E-state index in [-0.39, 0.29) is 11.8 Å². The van der Waals surface area contributed by atoms with Crippen LogP contribution in [-0.2, 0) is 0 Å².